The Morgan fingerprint density at radius 3 is 2.59 bits per heavy atom. The van der Waals surface area contributed by atoms with Crippen LogP contribution in [0.2, 0.25) is 0 Å². The molecule has 4 rings (SSSR count). The number of nitrogens with zero attached hydrogens (tertiary/aromatic N) is 3. The third-order valence-corrected chi connectivity index (χ3v) is 7.69. The van der Waals surface area contributed by atoms with Crippen molar-refractivity contribution >= 4 is 28.8 Å². The fraction of sp³-hybridized carbons (Fsp3) is 0.483. The van der Waals surface area contributed by atoms with E-state index in [2.05, 4.69) is 9.88 Å². The number of fused-ring (bicyclic) bond motifs is 1. The van der Waals surface area contributed by atoms with Crippen LogP contribution in [-0.4, -0.2) is 65.5 Å². The maximum Gasteiger partial charge on any atom is 0.416 e. The van der Waals surface area contributed by atoms with Crippen LogP contribution in [0.5, 0.6) is 5.75 Å². The van der Waals surface area contributed by atoms with Gasteiger partial charge in [0.15, 0.2) is 0 Å². The van der Waals surface area contributed by atoms with E-state index in [-0.39, 0.29) is 23.4 Å². The first-order chi connectivity index (χ1) is 19.6. The predicted octanol–water partition coefficient (Wildman–Crippen LogP) is 6.21. The highest BCUT2D eigenvalue weighted by Crippen LogP contribution is 2.34. The van der Waals surface area contributed by atoms with E-state index in [9.17, 15) is 22.8 Å². The van der Waals surface area contributed by atoms with Gasteiger partial charge in [-0.1, -0.05) is 6.07 Å². The van der Waals surface area contributed by atoms with Gasteiger partial charge in [0.25, 0.3) is 0 Å². The van der Waals surface area contributed by atoms with Crippen molar-refractivity contribution in [3.8, 4) is 5.75 Å². The molecule has 0 bridgehead atoms. The summed E-state index contributed by atoms with van der Waals surface area (Å²) in [4.78, 5) is 33.3. The molecule has 1 amide bonds. The minimum atomic E-state index is -4.40. The van der Waals surface area contributed by atoms with Crippen molar-refractivity contribution in [1.82, 2.24) is 14.8 Å². The lowest BCUT2D eigenvalue weighted by Gasteiger charge is -2.34. The number of carbonyl (C=O) groups is 1. The molecule has 41 heavy (non-hydrogen) atoms. The molecule has 222 valence electrons. The highest BCUT2D eigenvalue weighted by molar-refractivity contribution is 7.99. The molecule has 8 nitrogen and oxygen atoms in total. The fourth-order valence-electron chi connectivity index (χ4n) is 4.38. The number of ether oxygens (including phenoxy) is 2. The van der Waals surface area contributed by atoms with E-state index in [1.165, 1.54) is 24.6 Å². The molecule has 1 saturated heterocycles. The van der Waals surface area contributed by atoms with Gasteiger partial charge in [0.1, 0.15) is 12.0 Å². The van der Waals surface area contributed by atoms with Gasteiger partial charge in [-0.3, -0.25) is 14.7 Å². The second-order valence-electron chi connectivity index (χ2n) is 10.1. The summed E-state index contributed by atoms with van der Waals surface area (Å²) < 4.78 is 55.4. The fourth-order valence-corrected chi connectivity index (χ4v) is 5.43. The van der Waals surface area contributed by atoms with Crippen molar-refractivity contribution in [2.75, 3.05) is 38.5 Å². The highest BCUT2D eigenvalue weighted by Gasteiger charge is 2.30. The number of benzene rings is 1. The molecule has 3 aromatic rings. The molecule has 1 aromatic carbocycles. The SMILES string of the molecule is CC(C)OC(=O)N1CCN(Cc2cc(=O)c(OCCCCCSc3ccnc4cc(C(F)(F)F)ccc34)co2)CC1. The van der Waals surface area contributed by atoms with Gasteiger partial charge in [-0.05, 0) is 57.1 Å². The number of amides is 1. The molecule has 3 heterocycles. The third kappa shape index (κ3) is 8.87. The van der Waals surface area contributed by atoms with Crippen molar-refractivity contribution in [3.63, 3.8) is 0 Å². The number of aromatic nitrogens is 1. The lowest BCUT2D eigenvalue weighted by Crippen LogP contribution is -2.48. The van der Waals surface area contributed by atoms with Gasteiger partial charge in [0, 0.05) is 48.7 Å². The summed E-state index contributed by atoms with van der Waals surface area (Å²) in [5.41, 5.74) is -0.613. The van der Waals surface area contributed by atoms with E-state index in [1.807, 2.05) is 19.9 Å². The number of halogens is 3. The van der Waals surface area contributed by atoms with Crippen LogP contribution in [0.25, 0.3) is 10.9 Å². The van der Waals surface area contributed by atoms with Gasteiger partial charge in [-0.2, -0.15) is 13.2 Å². The quantitative estimate of drug-likeness (QED) is 0.192. The Morgan fingerprint density at radius 1 is 1.10 bits per heavy atom. The maximum absolute atomic E-state index is 13.0. The van der Waals surface area contributed by atoms with E-state index >= 15 is 0 Å². The van der Waals surface area contributed by atoms with E-state index in [1.54, 1.807) is 16.7 Å². The standard InChI is InChI=1S/C29H34F3N3O5S/c1-20(2)40-28(37)35-12-10-34(11-13-35)18-22-17-25(36)26(19-39-22)38-14-4-3-5-15-41-27-8-9-33-24-16-21(29(30,31)32)6-7-23(24)27/h6-9,16-17,19-20H,3-5,10-15,18H2,1-2H3. The number of thioether (sulfide) groups is 1. The van der Waals surface area contributed by atoms with Crippen LogP contribution < -0.4 is 10.2 Å². The first-order valence-corrected chi connectivity index (χ1v) is 14.6. The molecule has 0 spiro atoms. The monoisotopic (exact) mass is 593 g/mol. The van der Waals surface area contributed by atoms with Crippen LogP contribution in [0.15, 0.2) is 56.9 Å². The van der Waals surface area contributed by atoms with Gasteiger partial charge in [-0.25, -0.2) is 4.79 Å². The van der Waals surface area contributed by atoms with Crippen LogP contribution >= 0.6 is 11.8 Å². The van der Waals surface area contributed by atoms with Crippen LogP contribution in [0.3, 0.4) is 0 Å². The Morgan fingerprint density at radius 2 is 1.88 bits per heavy atom. The number of hydrogen-bond acceptors (Lipinski definition) is 8. The van der Waals surface area contributed by atoms with Crippen molar-refractivity contribution in [1.29, 1.82) is 0 Å². The first-order valence-electron chi connectivity index (χ1n) is 13.6. The third-order valence-electron chi connectivity index (χ3n) is 6.53. The van der Waals surface area contributed by atoms with Gasteiger partial charge in [0.05, 0.1) is 30.3 Å². The molecule has 0 aliphatic carbocycles. The zero-order valence-corrected chi connectivity index (χ0v) is 23.9. The lowest BCUT2D eigenvalue weighted by atomic mass is 10.1. The summed E-state index contributed by atoms with van der Waals surface area (Å²) in [6.07, 6.45) is 0.522. The molecule has 0 atom stereocenters. The second-order valence-corrected chi connectivity index (χ2v) is 11.2. The molecule has 1 aliphatic rings. The number of carbonyl (C=O) groups excluding carboxylic acids is 1. The Balaban J connectivity index is 1.15. The van der Waals surface area contributed by atoms with Crippen molar-refractivity contribution in [2.24, 2.45) is 0 Å². The smallest absolute Gasteiger partial charge is 0.416 e. The zero-order valence-electron chi connectivity index (χ0n) is 23.1. The molecular formula is C29H34F3N3O5S. The second kappa shape index (κ2) is 14.1. The molecule has 0 saturated carbocycles. The Hall–Kier alpha value is -3.25. The van der Waals surface area contributed by atoms with Gasteiger partial charge < -0.3 is 18.8 Å². The van der Waals surface area contributed by atoms with E-state index in [4.69, 9.17) is 13.9 Å². The molecular weight excluding hydrogens is 559 g/mol. The van der Waals surface area contributed by atoms with E-state index in [0.717, 1.165) is 42.0 Å². The molecule has 2 aromatic heterocycles. The number of piperazine rings is 1. The van der Waals surface area contributed by atoms with Gasteiger partial charge in [0.2, 0.25) is 11.2 Å². The minimum Gasteiger partial charge on any atom is -0.487 e. The van der Waals surface area contributed by atoms with Gasteiger partial charge in [-0.15, -0.1) is 11.8 Å². The minimum absolute atomic E-state index is 0.156. The van der Waals surface area contributed by atoms with E-state index in [0.29, 0.717) is 56.0 Å². The lowest BCUT2D eigenvalue weighted by molar-refractivity contribution is -0.137. The Bertz CT molecular complexity index is 1370. The van der Waals surface area contributed by atoms with Crippen LogP contribution in [0.1, 0.15) is 44.4 Å². The van der Waals surface area contributed by atoms with Crippen LogP contribution in [-0.2, 0) is 17.5 Å². The number of hydrogen-bond donors (Lipinski definition) is 0. The summed E-state index contributed by atoms with van der Waals surface area (Å²) in [6.45, 7) is 6.90. The summed E-state index contributed by atoms with van der Waals surface area (Å²) in [5, 5.41) is 0.706. The molecule has 0 radical (unpaired) electrons. The van der Waals surface area contributed by atoms with Crippen molar-refractivity contribution < 1.29 is 31.9 Å². The molecule has 1 aliphatic heterocycles. The number of pyridine rings is 1. The average Bonchev–Trinajstić information content (AvgIpc) is 2.93. The topological polar surface area (TPSA) is 85.1 Å². The Kier molecular flexibility index (Phi) is 10.5. The largest absolute Gasteiger partial charge is 0.487 e. The first kappa shape index (κ1) is 30.7. The van der Waals surface area contributed by atoms with E-state index < -0.39 is 11.7 Å². The van der Waals surface area contributed by atoms with Crippen molar-refractivity contribution in [2.45, 2.75) is 56.8 Å². The Labute approximate surface area is 240 Å². The molecule has 0 unspecified atom stereocenters. The summed E-state index contributed by atoms with van der Waals surface area (Å²) in [7, 11) is 0. The molecule has 0 N–H and O–H groups in total. The normalized spacial score (nSPS) is 14.5. The number of rotatable bonds is 11. The average molecular weight is 594 g/mol. The number of unbranched alkanes of at least 4 members (excludes halogenated alkanes) is 2. The summed E-state index contributed by atoms with van der Waals surface area (Å²) in [5.74, 6) is 1.51. The maximum atomic E-state index is 13.0. The van der Waals surface area contributed by atoms with Gasteiger partial charge >= 0.3 is 12.3 Å². The summed E-state index contributed by atoms with van der Waals surface area (Å²) in [6, 6.07) is 6.90. The molecule has 1 fully saturated rings. The van der Waals surface area contributed by atoms with Crippen LogP contribution in [0, 0.1) is 0 Å². The van der Waals surface area contributed by atoms with Crippen molar-refractivity contribution in [3.05, 3.63) is 64.3 Å². The number of alkyl halides is 3. The van der Waals surface area contributed by atoms with Crippen LogP contribution in [0.4, 0.5) is 18.0 Å². The zero-order chi connectivity index (χ0) is 29.4. The molecule has 12 heteroatoms. The predicted molar refractivity (Wildman–Crippen MR) is 150 cm³/mol. The highest BCUT2D eigenvalue weighted by atomic mass is 32.2. The summed E-state index contributed by atoms with van der Waals surface area (Å²) >= 11 is 1.58.